The van der Waals surface area contributed by atoms with Crippen molar-refractivity contribution in [3.63, 3.8) is 0 Å². The van der Waals surface area contributed by atoms with Gasteiger partial charge in [-0.15, -0.1) is 0 Å². The number of halogens is 2. The minimum atomic E-state index is 0.780. The van der Waals surface area contributed by atoms with Crippen LogP contribution in [0.15, 0.2) is 0 Å². The molecule has 1 saturated heterocycles. The van der Waals surface area contributed by atoms with Crippen LogP contribution in [-0.2, 0) is 0 Å². The smallest absolute Gasteiger partial charge is 0.0327 e. The minimum absolute atomic E-state index is 0.780. The fourth-order valence-corrected chi connectivity index (χ4v) is 2.42. The third-order valence-corrected chi connectivity index (χ3v) is 3.33. The van der Waals surface area contributed by atoms with Crippen LogP contribution in [0.4, 0.5) is 0 Å². The summed E-state index contributed by atoms with van der Waals surface area (Å²) in [6.45, 7) is 2.40. The highest BCUT2D eigenvalue weighted by Crippen LogP contribution is 2.20. The van der Waals surface area contributed by atoms with Gasteiger partial charge in [-0.3, -0.25) is 3.53 Å². The molecule has 1 atom stereocenters. The second-order valence-corrected chi connectivity index (χ2v) is 4.26. The van der Waals surface area contributed by atoms with Gasteiger partial charge < -0.3 is 0 Å². The minimum Gasteiger partial charge on any atom is -0.259 e. The molecule has 2 nitrogen and oxygen atoms in total. The van der Waals surface area contributed by atoms with Gasteiger partial charge >= 0.3 is 0 Å². The van der Waals surface area contributed by atoms with Crippen molar-refractivity contribution in [2.24, 2.45) is 0 Å². The van der Waals surface area contributed by atoms with Gasteiger partial charge in [0, 0.05) is 64.9 Å². The standard InChI is InChI=1S/C5H10I2N2/c6-8-4-5-2-1-3-9(5)7/h5,8H,1-4H2. The molecule has 0 radical (unpaired) electrons. The maximum Gasteiger partial charge on any atom is 0.0327 e. The number of nitrogens with zero attached hydrogens (tertiary/aromatic N) is 1. The Morgan fingerprint density at radius 1 is 1.67 bits per heavy atom. The fraction of sp³-hybridized carbons (Fsp3) is 1.00. The molecule has 0 bridgehead atoms. The molecule has 1 aliphatic rings. The lowest BCUT2D eigenvalue weighted by Crippen LogP contribution is -2.27. The van der Waals surface area contributed by atoms with E-state index in [2.05, 4.69) is 52.4 Å². The molecule has 1 N–H and O–H groups in total. The highest BCUT2D eigenvalue weighted by molar-refractivity contribution is 14.1. The van der Waals surface area contributed by atoms with Gasteiger partial charge in [-0.05, 0) is 12.8 Å². The van der Waals surface area contributed by atoms with Crippen LogP contribution in [0, 0.1) is 0 Å². The predicted molar refractivity (Wildman–Crippen MR) is 55.8 cm³/mol. The first kappa shape index (κ1) is 8.48. The number of rotatable bonds is 2. The van der Waals surface area contributed by atoms with Crippen LogP contribution < -0.4 is 3.53 Å². The van der Waals surface area contributed by atoms with Gasteiger partial charge in [-0.1, -0.05) is 0 Å². The van der Waals surface area contributed by atoms with Crippen molar-refractivity contribution < 1.29 is 0 Å². The van der Waals surface area contributed by atoms with E-state index in [1.165, 1.54) is 19.4 Å². The maximum atomic E-state index is 3.16. The third-order valence-electron chi connectivity index (χ3n) is 1.62. The molecule has 0 spiro atoms. The van der Waals surface area contributed by atoms with Crippen LogP contribution in [0.5, 0.6) is 0 Å². The zero-order valence-corrected chi connectivity index (χ0v) is 9.42. The van der Waals surface area contributed by atoms with Crippen molar-refractivity contribution >= 4 is 45.7 Å². The van der Waals surface area contributed by atoms with E-state index in [0.717, 1.165) is 12.6 Å². The lowest BCUT2D eigenvalue weighted by molar-refractivity contribution is 0.472. The van der Waals surface area contributed by atoms with Crippen LogP contribution in [0.25, 0.3) is 0 Å². The van der Waals surface area contributed by atoms with E-state index in [1.54, 1.807) is 0 Å². The molecule has 0 amide bonds. The van der Waals surface area contributed by atoms with Gasteiger partial charge in [0.05, 0.1) is 0 Å². The Hall–Kier alpha value is 1.38. The molecule has 1 rings (SSSR count). The van der Waals surface area contributed by atoms with Crippen LogP contribution in [0.2, 0.25) is 0 Å². The topological polar surface area (TPSA) is 15.3 Å². The van der Waals surface area contributed by atoms with Crippen LogP contribution >= 0.6 is 45.7 Å². The number of hydrogen-bond donors (Lipinski definition) is 1. The molecular weight excluding hydrogens is 342 g/mol. The molecule has 0 aromatic carbocycles. The Kier molecular flexibility index (Phi) is 4.05. The highest BCUT2D eigenvalue weighted by Gasteiger charge is 2.20. The Balaban J connectivity index is 2.22. The SMILES string of the molecule is INCC1CCCN1I. The molecule has 9 heavy (non-hydrogen) atoms. The van der Waals surface area contributed by atoms with Gasteiger partial charge in [0.1, 0.15) is 0 Å². The summed E-state index contributed by atoms with van der Waals surface area (Å²) in [5, 5.41) is 0. The summed E-state index contributed by atoms with van der Waals surface area (Å²) in [5.41, 5.74) is 0. The molecule has 54 valence electrons. The Morgan fingerprint density at radius 2 is 2.44 bits per heavy atom. The summed E-state index contributed by atoms with van der Waals surface area (Å²) in [6, 6.07) is 0.780. The molecule has 0 aromatic heterocycles. The molecule has 0 aliphatic carbocycles. The summed E-state index contributed by atoms with van der Waals surface area (Å²) in [7, 11) is 0. The largest absolute Gasteiger partial charge is 0.259 e. The van der Waals surface area contributed by atoms with E-state index in [-0.39, 0.29) is 0 Å². The van der Waals surface area contributed by atoms with Gasteiger partial charge in [0.15, 0.2) is 0 Å². The van der Waals surface area contributed by atoms with Crippen LogP contribution in [0.3, 0.4) is 0 Å². The first-order valence-corrected chi connectivity index (χ1v) is 5.15. The molecule has 1 heterocycles. The monoisotopic (exact) mass is 352 g/mol. The summed E-state index contributed by atoms with van der Waals surface area (Å²) in [6.07, 6.45) is 2.73. The zero-order chi connectivity index (χ0) is 6.69. The normalized spacial score (nSPS) is 29.3. The zero-order valence-electron chi connectivity index (χ0n) is 5.11. The van der Waals surface area contributed by atoms with Gasteiger partial charge in [-0.2, -0.15) is 0 Å². The van der Waals surface area contributed by atoms with E-state index in [0.29, 0.717) is 0 Å². The van der Waals surface area contributed by atoms with Crippen molar-refractivity contribution in [1.29, 1.82) is 0 Å². The van der Waals surface area contributed by atoms with Crippen LogP contribution in [-0.4, -0.2) is 22.2 Å². The van der Waals surface area contributed by atoms with E-state index in [4.69, 9.17) is 0 Å². The number of nitrogens with one attached hydrogen (secondary N) is 1. The van der Waals surface area contributed by atoms with Crippen molar-refractivity contribution in [2.45, 2.75) is 18.9 Å². The Bertz CT molecular complexity index is 89.0. The summed E-state index contributed by atoms with van der Waals surface area (Å²) in [4.78, 5) is 0. The molecule has 1 aliphatic heterocycles. The van der Waals surface area contributed by atoms with Crippen molar-refractivity contribution in [3.05, 3.63) is 0 Å². The highest BCUT2D eigenvalue weighted by atomic mass is 127. The van der Waals surface area contributed by atoms with E-state index < -0.39 is 0 Å². The fourth-order valence-electron chi connectivity index (χ4n) is 1.09. The molecular formula is C5H10I2N2. The van der Waals surface area contributed by atoms with Gasteiger partial charge in [0.25, 0.3) is 0 Å². The number of hydrogen-bond acceptors (Lipinski definition) is 2. The van der Waals surface area contributed by atoms with Gasteiger partial charge in [0.2, 0.25) is 0 Å². The quantitative estimate of drug-likeness (QED) is 0.602. The van der Waals surface area contributed by atoms with Crippen molar-refractivity contribution in [2.75, 3.05) is 13.1 Å². The maximum absolute atomic E-state index is 3.16. The van der Waals surface area contributed by atoms with E-state index in [9.17, 15) is 0 Å². The molecule has 1 fully saturated rings. The second-order valence-electron chi connectivity index (χ2n) is 2.26. The van der Waals surface area contributed by atoms with E-state index >= 15 is 0 Å². The molecule has 0 saturated carbocycles. The third kappa shape index (κ3) is 2.47. The van der Waals surface area contributed by atoms with Gasteiger partial charge in [-0.25, -0.2) is 3.11 Å². The summed E-state index contributed by atoms with van der Waals surface area (Å²) >= 11 is 4.61. The summed E-state index contributed by atoms with van der Waals surface area (Å²) in [5.74, 6) is 0. The lowest BCUT2D eigenvalue weighted by atomic mass is 10.2. The second kappa shape index (κ2) is 4.30. The average Bonchev–Trinajstić information content (AvgIpc) is 2.18. The molecule has 4 heteroatoms. The predicted octanol–water partition coefficient (Wildman–Crippen LogP) is 1.74. The first-order valence-electron chi connectivity index (χ1n) is 3.10. The van der Waals surface area contributed by atoms with Crippen LogP contribution in [0.1, 0.15) is 12.8 Å². The lowest BCUT2D eigenvalue weighted by Gasteiger charge is -2.15. The molecule has 0 aromatic rings. The average molecular weight is 352 g/mol. The van der Waals surface area contributed by atoms with Crippen molar-refractivity contribution in [1.82, 2.24) is 6.64 Å². The van der Waals surface area contributed by atoms with Crippen molar-refractivity contribution in [3.8, 4) is 0 Å². The summed E-state index contributed by atoms with van der Waals surface area (Å²) < 4.78 is 5.56. The first-order chi connectivity index (χ1) is 4.34. The van der Waals surface area contributed by atoms with E-state index in [1.807, 2.05) is 0 Å². The Labute approximate surface area is 83.7 Å². The molecule has 1 unspecified atom stereocenters. The Morgan fingerprint density at radius 3 is 2.89 bits per heavy atom.